The maximum absolute atomic E-state index is 13.0. The van der Waals surface area contributed by atoms with Crippen LogP contribution in [0.5, 0.6) is 0 Å². The van der Waals surface area contributed by atoms with E-state index in [-0.39, 0.29) is 11.5 Å². The Hall–Kier alpha value is -2.70. The van der Waals surface area contributed by atoms with Crippen molar-refractivity contribution in [1.82, 2.24) is 19.8 Å². The van der Waals surface area contributed by atoms with Gasteiger partial charge in [0, 0.05) is 19.0 Å². The lowest BCUT2D eigenvalue weighted by molar-refractivity contribution is -0.137. The normalized spacial score (nSPS) is 20.1. The molecule has 35 heavy (non-hydrogen) atoms. The van der Waals surface area contributed by atoms with Gasteiger partial charge in [0.25, 0.3) is 5.56 Å². The molecule has 182 valence electrons. The third-order valence-electron chi connectivity index (χ3n) is 8.32. The molecule has 0 unspecified atom stereocenters. The molecular formula is C28H31ClN4O2. The molecular weight excluding hydrogens is 460 g/mol. The van der Waals surface area contributed by atoms with Gasteiger partial charge in [0.15, 0.2) is 0 Å². The number of aromatic nitrogens is 2. The Bertz CT molecular complexity index is 1380. The van der Waals surface area contributed by atoms with Gasteiger partial charge in [-0.05, 0) is 87.9 Å². The number of halogens is 1. The number of amides is 1. The van der Waals surface area contributed by atoms with Crippen molar-refractivity contribution in [1.29, 1.82) is 0 Å². The quantitative estimate of drug-likeness (QED) is 0.578. The number of piperidine rings is 2. The Morgan fingerprint density at radius 3 is 2.57 bits per heavy atom. The topological polar surface area (TPSA) is 67.2 Å². The van der Waals surface area contributed by atoms with Crippen molar-refractivity contribution in [2.45, 2.75) is 50.9 Å². The maximum Gasteiger partial charge on any atom is 0.280 e. The Kier molecular flexibility index (Phi) is 5.49. The zero-order valence-corrected chi connectivity index (χ0v) is 21.1. The van der Waals surface area contributed by atoms with Gasteiger partial charge in [-0.2, -0.15) is 4.98 Å². The van der Waals surface area contributed by atoms with E-state index in [1.54, 1.807) is 12.1 Å². The second kappa shape index (κ2) is 8.45. The summed E-state index contributed by atoms with van der Waals surface area (Å²) >= 11 is 6.60. The average Bonchev–Trinajstić information content (AvgIpc) is 3.10. The molecule has 3 aliphatic rings. The van der Waals surface area contributed by atoms with Crippen LogP contribution in [0.4, 0.5) is 0 Å². The van der Waals surface area contributed by atoms with Crippen molar-refractivity contribution in [2.75, 3.05) is 26.2 Å². The Morgan fingerprint density at radius 1 is 1.09 bits per heavy atom. The molecule has 0 radical (unpaired) electrons. The molecule has 4 heterocycles. The van der Waals surface area contributed by atoms with Gasteiger partial charge in [0.05, 0.1) is 27.0 Å². The molecule has 0 atom stereocenters. The first kappa shape index (κ1) is 22.7. The van der Waals surface area contributed by atoms with Crippen LogP contribution in [0.2, 0.25) is 5.02 Å². The second-order valence-corrected chi connectivity index (χ2v) is 11.1. The van der Waals surface area contributed by atoms with Crippen LogP contribution in [-0.4, -0.2) is 46.5 Å². The van der Waals surface area contributed by atoms with E-state index >= 15 is 0 Å². The van der Waals surface area contributed by atoms with Gasteiger partial charge in [-0.3, -0.25) is 14.2 Å². The number of hydrogen-bond acceptors (Lipinski definition) is 4. The third kappa shape index (κ3) is 3.61. The van der Waals surface area contributed by atoms with Crippen LogP contribution >= 0.6 is 11.6 Å². The van der Waals surface area contributed by atoms with Crippen molar-refractivity contribution in [3.63, 3.8) is 0 Å². The Morgan fingerprint density at radius 2 is 1.83 bits per heavy atom. The Labute approximate surface area is 210 Å². The predicted octanol–water partition coefficient (Wildman–Crippen LogP) is 4.38. The number of nitrogens with one attached hydrogen (secondary N) is 1. The monoisotopic (exact) mass is 490 g/mol. The van der Waals surface area contributed by atoms with Crippen LogP contribution in [0.1, 0.15) is 62.4 Å². The van der Waals surface area contributed by atoms with Gasteiger partial charge in [0.2, 0.25) is 5.91 Å². The van der Waals surface area contributed by atoms with Gasteiger partial charge in [-0.25, -0.2) is 0 Å². The molecule has 0 bridgehead atoms. The van der Waals surface area contributed by atoms with E-state index in [2.05, 4.69) is 51.8 Å². The van der Waals surface area contributed by atoms with Crippen molar-refractivity contribution in [2.24, 2.45) is 5.92 Å². The number of benzene rings is 2. The number of carbonyl (C=O) groups is 1. The lowest BCUT2D eigenvalue weighted by Crippen LogP contribution is -2.44. The molecule has 3 aliphatic heterocycles. The van der Waals surface area contributed by atoms with Crippen molar-refractivity contribution < 1.29 is 4.79 Å². The van der Waals surface area contributed by atoms with Crippen LogP contribution in [-0.2, 0) is 10.2 Å². The van der Waals surface area contributed by atoms with E-state index in [9.17, 15) is 9.59 Å². The summed E-state index contributed by atoms with van der Waals surface area (Å²) in [5.41, 5.74) is 3.59. The first-order chi connectivity index (χ1) is 16.9. The molecule has 1 aromatic heterocycles. The lowest BCUT2D eigenvalue weighted by Gasteiger charge is -2.35. The number of fused-ring (bicyclic) bond motifs is 5. The largest absolute Gasteiger partial charge is 0.342 e. The Balaban J connectivity index is 1.30. The van der Waals surface area contributed by atoms with Gasteiger partial charge < -0.3 is 10.2 Å². The lowest BCUT2D eigenvalue weighted by atomic mass is 9.81. The van der Waals surface area contributed by atoms with Crippen molar-refractivity contribution >= 4 is 28.4 Å². The number of nitrogens with zero attached hydrogens (tertiary/aromatic N) is 3. The molecule has 0 spiro atoms. The summed E-state index contributed by atoms with van der Waals surface area (Å²) in [4.78, 5) is 32.4. The fourth-order valence-electron chi connectivity index (χ4n) is 6.27. The first-order valence-corrected chi connectivity index (χ1v) is 13.1. The van der Waals surface area contributed by atoms with E-state index in [4.69, 9.17) is 11.6 Å². The smallest absolute Gasteiger partial charge is 0.280 e. The summed E-state index contributed by atoms with van der Waals surface area (Å²) < 4.78 is 2.07. The predicted molar refractivity (Wildman–Crippen MR) is 139 cm³/mol. The van der Waals surface area contributed by atoms with Crippen LogP contribution < -0.4 is 10.9 Å². The van der Waals surface area contributed by atoms with Crippen LogP contribution in [0.3, 0.4) is 0 Å². The minimum absolute atomic E-state index is 0.184. The summed E-state index contributed by atoms with van der Waals surface area (Å²) in [6.07, 6.45) is 3.87. The summed E-state index contributed by atoms with van der Waals surface area (Å²) in [7, 11) is 0. The molecule has 0 saturated carbocycles. The van der Waals surface area contributed by atoms with Gasteiger partial charge in [0.1, 0.15) is 5.82 Å². The number of para-hydroxylation sites is 1. The average molecular weight is 491 g/mol. The molecule has 7 heteroatoms. The standard InChI is InChI=1S/C28H31ClN4O2/c1-28(2)21-16-19(17-10-14-32(15-11-17)26(35)18-8-12-30-13-9-18)6-7-23(21)33-24-20(4-3-5-22(24)29)25(34)31-27(28)33/h3-7,16-18,30H,8-15H2,1-2H3. The zero-order chi connectivity index (χ0) is 24.3. The third-order valence-corrected chi connectivity index (χ3v) is 8.63. The van der Waals surface area contributed by atoms with Crippen LogP contribution in [0.15, 0.2) is 41.2 Å². The maximum atomic E-state index is 13.0. The highest BCUT2D eigenvalue weighted by Gasteiger charge is 2.39. The second-order valence-electron chi connectivity index (χ2n) is 10.7. The number of hydrogen-bond donors (Lipinski definition) is 1. The van der Waals surface area contributed by atoms with E-state index in [1.165, 1.54) is 11.1 Å². The summed E-state index contributed by atoms with van der Waals surface area (Å²) in [5, 5.41) is 4.45. The van der Waals surface area contributed by atoms with Gasteiger partial charge in [-0.1, -0.05) is 29.8 Å². The SMILES string of the molecule is CC1(C)c2cc(C3CCN(C(=O)C4CCNCC4)CC3)ccc2-n2c1nc(=O)c1cccc(Cl)c12. The fraction of sp³-hybridized carbons (Fsp3) is 0.464. The molecule has 6 nitrogen and oxygen atoms in total. The minimum Gasteiger partial charge on any atom is -0.342 e. The van der Waals surface area contributed by atoms with Crippen molar-refractivity contribution in [3.8, 4) is 5.69 Å². The molecule has 1 N–H and O–H groups in total. The molecule has 3 aromatic rings. The molecule has 2 aromatic carbocycles. The molecule has 6 rings (SSSR count). The van der Waals surface area contributed by atoms with E-state index in [0.717, 1.165) is 68.9 Å². The van der Waals surface area contributed by atoms with Gasteiger partial charge in [-0.15, -0.1) is 0 Å². The summed E-state index contributed by atoms with van der Waals surface area (Å²) in [6, 6.07) is 12.1. The van der Waals surface area contributed by atoms with Crippen LogP contribution in [0, 0.1) is 5.92 Å². The van der Waals surface area contributed by atoms with Gasteiger partial charge >= 0.3 is 0 Å². The van der Waals surface area contributed by atoms with E-state index in [1.807, 2.05) is 6.07 Å². The minimum atomic E-state index is -0.413. The molecule has 1 amide bonds. The van der Waals surface area contributed by atoms with E-state index < -0.39 is 5.41 Å². The summed E-state index contributed by atoms with van der Waals surface area (Å²) in [5.74, 6) is 1.68. The molecule has 0 aliphatic carbocycles. The molecule has 2 saturated heterocycles. The first-order valence-electron chi connectivity index (χ1n) is 12.7. The summed E-state index contributed by atoms with van der Waals surface area (Å²) in [6.45, 7) is 7.80. The van der Waals surface area contributed by atoms with E-state index in [0.29, 0.717) is 22.2 Å². The highest BCUT2D eigenvalue weighted by Crippen LogP contribution is 2.45. The number of rotatable bonds is 2. The zero-order valence-electron chi connectivity index (χ0n) is 20.3. The number of likely N-dealkylation sites (tertiary alicyclic amines) is 1. The fourth-order valence-corrected chi connectivity index (χ4v) is 6.52. The highest BCUT2D eigenvalue weighted by molar-refractivity contribution is 6.35. The van der Waals surface area contributed by atoms with Crippen molar-refractivity contribution in [3.05, 3.63) is 68.7 Å². The molecule has 2 fully saturated rings. The number of carbonyl (C=O) groups excluding carboxylic acids is 1. The van der Waals surface area contributed by atoms with Crippen LogP contribution in [0.25, 0.3) is 16.6 Å². The highest BCUT2D eigenvalue weighted by atomic mass is 35.5.